The third-order valence-electron chi connectivity index (χ3n) is 2.88. The van der Waals surface area contributed by atoms with Crippen LogP contribution < -0.4 is 0 Å². The van der Waals surface area contributed by atoms with Crippen LogP contribution in [0.25, 0.3) is 0 Å². The molecule has 0 saturated carbocycles. The van der Waals surface area contributed by atoms with Crippen LogP contribution in [0.1, 0.15) is 40.5 Å². The molecule has 15 heavy (non-hydrogen) atoms. The molecule has 2 N–H and O–H groups in total. The standard InChI is InChI=1S/C13H24O2/c1-6-8-12(7-2)10(4)13(15)9(3)11(5)14/h7,10-11,13-15H,3,6,8H2,1-2,4-5H3/b12-7+/t10-,11-,13+/m1/s1. The lowest BCUT2D eigenvalue weighted by atomic mass is 9.87. The van der Waals surface area contributed by atoms with Gasteiger partial charge in [-0.25, -0.2) is 0 Å². The molecule has 0 aliphatic rings. The van der Waals surface area contributed by atoms with E-state index in [9.17, 15) is 10.2 Å². The van der Waals surface area contributed by atoms with Crippen LogP contribution in [0.5, 0.6) is 0 Å². The maximum absolute atomic E-state index is 9.98. The van der Waals surface area contributed by atoms with Crippen LogP contribution in [-0.2, 0) is 0 Å². The highest BCUT2D eigenvalue weighted by Gasteiger charge is 2.22. The topological polar surface area (TPSA) is 40.5 Å². The molecule has 0 aromatic carbocycles. The predicted molar refractivity (Wildman–Crippen MR) is 64.7 cm³/mol. The molecule has 0 aromatic heterocycles. The van der Waals surface area contributed by atoms with E-state index in [1.54, 1.807) is 6.92 Å². The van der Waals surface area contributed by atoms with Gasteiger partial charge in [-0.2, -0.15) is 0 Å². The maximum atomic E-state index is 9.98. The van der Waals surface area contributed by atoms with Gasteiger partial charge in [0.2, 0.25) is 0 Å². The van der Waals surface area contributed by atoms with E-state index >= 15 is 0 Å². The Balaban J connectivity index is 4.54. The molecule has 2 heteroatoms. The van der Waals surface area contributed by atoms with Gasteiger partial charge >= 0.3 is 0 Å². The number of rotatable bonds is 6. The van der Waals surface area contributed by atoms with E-state index in [2.05, 4.69) is 13.5 Å². The summed E-state index contributed by atoms with van der Waals surface area (Å²) in [5, 5.41) is 19.3. The Kier molecular flexibility index (Phi) is 6.53. The molecular formula is C13H24O2. The van der Waals surface area contributed by atoms with Crippen LogP contribution >= 0.6 is 0 Å². The summed E-state index contributed by atoms with van der Waals surface area (Å²) in [6, 6.07) is 0. The minimum atomic E-state index is -0.651. The maximum Gasteiger partial charge on any atom is 0.0834 e. The van der Waals surface area contributed by atoms with E-state index in [0.717, 1.165) is 12.8 Å². The van der Waals surface area contributed by atoms with Crippen LogP contribution in [0.4, 0.5) is 0 Å². The Morgan fingerprint density at radius 1 is 1.33 bits per heavy atom. The van der Waals surface area contributed by atoms with Crippen LogP contribution in [0.2, 0.25) is 0 Å². The summed E-state index contributed by atoms with van der Waals surface area (Å²) in [4.78, 5) is 0. The molecule has 0 heterocycles. The van der Waals surface area contributed by atoms with Crippen molar-refractivity contribution in [2.45, 2.75) is 52.7 Å². The van der Waals surface area contributed by atoms with Crippen molar-refractivity contribution in [2.75, 3.05) is 0 Å². The molecule has 0 bridgehead atoms. The first kappa shape index (κ1) is 14.4. The van der Waals surface area contributed by atoms with E-state index in [4.69, 9.17) is 0 Å². The highest BCUT2D eigenvalue weighted by molar-refractivity contribution is 5.16. The van der Waals surface area contributed by atoms with Crippen LogP contribution in [0.15, 0.2) is 23.8 Å². The second kappa shape index (κ2) is 6.81. The van der Waals surface area contributed by atoms with Gasteiger partial charge in [-0.1, -0.05) is 38.5 Å². The lowest BCUT2D eigenvalue weighted by molar-refractivity contribution is 0.125. The summed E-state index contributed by atoms with van der Waals surface area (Å²) in [6.45, 7) is 11.4. The Bertz CT molecular complexity index is 229. The summed E-state index contributed by atoms with van der Waals surface area (Å²) in [5.41, 5.74) is 1.73. The van der Waals surface area contributed by atoms with Crippen LogP contribution in [-0.4, -0.2) is 22.4 Å². The molecule has 0 aliphatic carbocycles. The van der Waals surface area contributed by atoms with Gasteiger partial charge in [-0.05, 0) is 25.8 Å². The van der Waals surface area contributed by atoms with Crippen molar-refractivity contribution in [2.24, 2.45) is 5.92 Å². The zero-order chi connectivity index (χ0) is 12.0. The smallest absolute Gasteiger partial charge is 0.0834 e. The van der Waals surface area contributed by atoms with E-state index in [1.165, 1.54) is 5.57 Å². The molecule has 3 atom stereocenters. The summed E-state index contributed by atoms with van der Waals surface area (Å²) < 4.78 is 0. The Labute approximate surface area is 93.3 Å². The summed E-state index contributed by atoms with van der Waals surface area (Å²) in [6.07, 6.45) is 2.80. The molecule has 0 aliphatic heterocycles. The zero-order valence-corrected chi connectivity index (χ0v) is 10.3. The minimum absolute atomic E-state index is 0.0389. The van der Waals surface area contributed by atoms with Crippen LogP contribution in [0, 0.1) is 5.92 Å². The van der Waals surface area contributed by atoms with Gasteiger partial charge in [0.1, 0.15) is 0 Å². The fourth-order valence-corrected chi connectivity index (χ4v) is 1.69. The first-order valence-electron chi connectivity index (χ1n) is 5.65. The highest BCUT2D eigenvalue weighted by atomic mass is 16.3. The lowest BCUT2D eigenvalue weighted by Crippen LogP contribution is -2.26. The first-order valence-corrected chi connectivity index (χ1v) is 5.65. The third kappa shape index (κ3) is 4.18. The van der Waals surface area contributed by atoms with Crippen molar-refractivity contribution < 1.29 is 10.2 Å². The van der Waals surface area contributed by atoms with Crippen molar-refractivity contribution in [3.63, 3.8) is 0 Å². The first-order chi connectivity index (χ1) is 6.95. The van der Waals surface area contributed by atoms with Gasteiger partial charge < -0.3 is 10.2 Å². The van der Waals surface area contributed by atoms with Crippen molar-refractivity contribution in [1.82, 2.24) is 0 Å². The van der Waals surface area contributed by atoms with Gasteiger partial charge in [-0.15, -0.1) is 0 Å². The summed E-state index contributed by atoms with van der Waals surface area (Å²) in [5.74, 6) is 0.0389. The van der Waals surface area contributed by atoms with Gasteiger partial charge in [0.05, 0.1) is 12.2 Å². The molecule has 0 aromatic rings. The quantitative estimate of drug-likeness (QED) is 0.665. The zero-order valence-electron chi connectivity index (χ0n) is 10.3. The molecule has 0 amide bonds. The number of hydrogen-bond acceptors (Lipinski definition) is 2. The Morgan fingerprint density at radius 3 is 2.20 bits per heavy atom. The normalized spacial score (nSPS) is 18.4. The Hall–Kier alpha value is -0.600. The SMILES string of the molecule is C=C([C@@H](C)O)[C@H](O)[C@H](C)/C(=C/C)CCC. The fraction of sp³-hybridized carbons (Fsp3) is 0.692. The average Bonchev–Trinajstić information content (AvgIpc) is 2.22. The fourth-order valence-electron chi connectivity index (χ4n) is 1.69. The molecular weight excluding hydrogens is 188 g/mol. The van der Waals surface area contributed by atoms with Gasteiger partial charge in [0, 0.05) is 5.92 Å². The van der Waals surface area contributed by atoms with E-state index in [0.29, 0.717) is 5.57 Å². The van der Waals surface area contributed by atoms with Crippen molar-refractivity contribution in [1.29, 1.82) is 0 Å². The monoisotopic (exact) mass is 212 g/mol. The molecule has 0 saturated heterocycles. The predicted octanol–water partition coefficient (Wildman–Crippen LogP) is 2.67. The highest BCUT2D eigenvalue weighted by Crippen LogP contribution is 2.24. The lowest BCUT2D eigenvalue weighted by Gasteiger charge is -2.25. The van der Waals surface area contributed by atoms with Gasteiger partial charge in [-0.3, -0.25) is 0 Å². The Morgan fingerprint density at radius 2 is 1.87 bits per heavy atom. The number of aliphatic hydroxyl groups is 2. The number of allylic oxidation sites excluding steroid dienone is 1. The molecule has 0 spiro atoms. The number of aliphatic hydroxyl groups excluding tert-OH is 2. The second-order valence-corrected chi connectivity index (χ2v) is 4.10. The van der Waals surface area contributed by atoms with Crippen molar-refractivity contribution in [3.05, 3.63) is 23.8 Å². The van der Waals surface area contributed by atoms with Crippen LogP contribution in [0.3, 0.4) is 0 Å². The molecule has 2 nitrogen and oxygen atoms in total. The largest absolute Gasteiger partial charge is 0.389 e. The minimum Gasteiger partial charge on any atom is -0.389 e. The summed E-state index contributed by atoms with van der Waals surface area (Å²) >= 11 is 0. The molecule has 88 valence electrons. The van der Waals surface area contributed by atoms with E-state index in [-0.39, 0.29) is 5.92 Å². The van der Waals surface area contributed by atoms with E-state index < -0.39 is 12.2 Å². The molecule has 0 radical (unpaired) electrons. The van der Waals surface area contributed by atoms with Gasteiger partial charge in [0.15, 0.2) is 0 Å². The van der Waals surface area contributed by atoms with Crippen molar-refractivity contribution in [3.8, 4) is 0 Å². The van der Waals surface area contributed by atoms with E-state index in [1.807, 2.05) is 19.9 Å². The molecule has 0 rings (SSSR count). The molecule has 0 fully saturated rings. The summed E-state index contributed by atoms with van der Waals surface area (Å²) in [7, 11) is 0. The molecule has 0 unspecified atom stereocenters. The number of hydrogen-bond donors (Lipinski definition) is 2. The van der Waals surface area contributed by atoms with Crippen molar-refractivity contribution >= 4 is 0 Å². The average molecular weight is 212 g/mol. The second-order valence-electron chi connectivity index (χ2n) is 4.10. The third-order valence-corrected chi connectivity index (χ3v) is 2.88. The van der Waals surface area contributed by atoms with Gasteiger partial charge in [0.25, 0.3) is 0 Å².